The number of nitrogens with zero attached hydrogens (tertiary/aromatic N) is 1. The van der Waals surface area contributed by atoms with E-state index in [1.807, 2.05) is 13.0 Å². The van der Waals surface area contributed by atoms with Gasteiger partial charge in [0.25, 0.3) is 0 Å². The molecule has 0 aliphatic carbocycles. The first kappa shape index (κ1) is 12.9. The Balaban J connectivity index is 2.28. The number of aryl methyl sites for hydroxylation is 1. The number of hydrogen-bond acceptors (Lipinski definition) is 3. The standard InChI is InChI=1S/C14H21N3O/c1-10-3-4-13(12(9-10)14(15)16)17(2)11-5-7-18-8-6-11/h3-4,9,11H,5-8H2,1-2H3,(H3,15,16). The first-order chi connectivity index (χ1) is 8.59. The van der Waals surface area contributed by atoms with E-state index in [0.29, 0.717) is 6.04 Å². The van der Waals surface area contributed by atoms with Crippen molar-refractivity contribution in [2.24, 2.45) is 5.73 Å². The van der Waals surface area contributed by atoms with Crippen molar-refractivity contribution in [1.29, 1.82) is 5.41 Å². The molecule has 0 unspecified atom stereocenters. The largest absolute Gasteiger partial charge is 0.384 e. The molecular formula is C14H21N3O. The number of amidine groups is 1. The highest BCUT2D eigenvalue weighted by Gasteiger charge is 2.21. The van der Waals surface area contributed by atoms with Crippen LogP contribution in [0.1, 0.15) is 24.0 Å². The summed E-state index contributed by atoms with van der Waals surface area (Å²) in [5.74, 6) is 0.132. The zero-order valence-electron chi connectivity index (χ0n) is 11.1. The lowest BCUT2D eigenvalue weighted by Gasteiger charge is -2.34. The van der Waals surface area contributed by atoms with Gasteiger partial charge < -0.3 is 15.4 Å². The van der Waals surface area contributed by atoms with Gasteiger partial charge >= 0.3 is 0 Å². The van der Waals surface area contributed by atoms with Crippen LogP contribution in [0, 0.1) is 12.3 Å². The third-order valence-electron chi connectivity index (χ3n) is 3.56. The normalized spacial score (nSPS) is 16.6. The Morgan fingerprint density at radius 2 is 2.06 bits per heavy atom. The van der Waals surface area contributed by atoms with Gasteiger partial charge in [-0.05, 0) is 31.9 Å². The van der Waals surface area contributed by atoms with Crippen LogP contribution >= 0.6 is 0 Å². The SMILES string of the molecule is Cc1ccc(N(C)C2CCOCC2)c(C(=N)N)c1. The minimum atomic E-state index is 0.132. The van der Waals surface area contributed by atoms with Gasteiger partial charge in [0, 0.05) is 37.6 Å². The van der Waals surface area contributed by atoms with Gasteiger partial charge in [0.15, 0.2) is 0 Å². The highest BCUT2D eigenvalue weighted by atomic mass is 16.5. The summed E-state index contributed by atoms with van der Waals surface area (Å²) in [5.41, 5.74) is 8.68. The second kappa shape index (κ2) is 5.40. The van der Waals surface area contributed by atoms with Gasteiger partial charge in [0.2, 0.25) is 0 Å². The third kappa shape index (κ3) is 2.64. The van der Waals surface area contributed by atoms with E-state index in [4.69, 9.17) is 15.9 Å². The van der Waals surface area contributed by atoms with Crippen LogP contribution in [0.5, 0.6) is 0 Å². The van der Waals surface area contributed by atoms with Crippen molar-refractivity contribution in [2.45, 2.75) is 25.8 Å². The Morgan fingerprint density at radius 1 is 1.39 bits per heavy atom. The average molecular weight is 247 g/mol. The monoisotopic (exact) mass is 247 g/mol. The van der Waals surface area contributed by atoms with E-state index in [1.54, 1.807) is 0 Å². The van der Waals surface area contributed by atoms with Crippen molar-refractivity contribution in [1.82, 2.24) is 0 Å². The highest BCUT2D eigenvalue weighted by Crippen LogP contribution is 2.25. The third-order valence-corrected chi connectivity index (χ3v) is 3.56. The quantitative estimate of drug-likeness (QED) is 0.633. The first-order valence-electron chi connectivity index (χ1n) is 6.35. The molecule has 18 heavy (non-hydrogen) atoms. The van der Waals surface area contributed by atoms with Crippen LogP contribution in [0.4, 0.5) is 5.69 Å². The molecule has 1 aliphatic heterocycles. The number of ether oxygens (including phenoxy) is 1. The fourth-order valence-corrected chi connectivity index (χ4v) is 2.44. The lowest BCUT2D eigenvalue weighted by molar-refractivity contribution is 0.0855. The predicted molar refractivity (Wildman–Crippen MR) is 74.4 cm³/mol. The van der Waals surface area contributed by atoms with Crippen LogP contribution in [-0.2, 0) is 4.74 Å². The van der Waals surface area contributed by atoms with Crippen molar-refractivity contribution in [3.63, 3.8) is 0 Å². The Bertz CT molecular complexity index is 439. The number of nitrogens with two attached hydrogens (primary N) is 1. The summed E-state index contributed by atoms with van der Waals surface area (Å²) in [6, 6.07) is 6.58. The highest BCUT2D eigenvalue weighted by molar-refractivity contribution is 6.00. The molecule has 2 rings (SSSR count). The molecule has 4 heteroatoms. The Hall–Kier alpha value is -1.55. The van der Waals surface area contributed by atoms with Gasteiger partial charge in [-0.1, -0.05) is 11.6 Å². The van der Waals surface area contributed by atoms with E-state index in [-0.39, 0.29) is 5.84 Å². The fraction of sp³-hybridized carbons (Fsp3) is 0.500. The molecule has 0 bridgehead atoms. The average Bonchev–Trinajstić information content (AvgIpc) is 2.39. The molecule has 0 saturated carbocycles. The van der Waals surface area contributed by atoms with Gasteiger partial charge in [-0.25, -0.2) is 0 Å². The Labute approximate surface area is 108 Å². The number of anilines is 1. The van der Waals surface area contributed by atoms with E-state index in [2.05, 4.69) is 24.1 Å². The van der Waals surface area contributed by atoms with Crippen molar-refractivity contribution in [2.75, 3.05) is 25.2 Å². The molecular weight excluding hydrogens is 226 g/mol. The molecule has 0 atom stereocenters. The molecule has 1 saturated heterocycles. The summed E-state index contributed by atoms with van der Waals surface area (Å²) in [4.78, 5) is 2.23. The molecule has 1 aromatic rings. The summed E-state index contributed by atoms with van der Waals surface area (Å²) >= 11 is 0. The number of rotatable bonds is 3. The van der Waals surface area contributed by atoms with Crippen molar-refractivity contribution in [3.8, 4) is 0 Å². The summed E-state index contributed by atoms with van der Waals surface area (Å²) in [6.07, 6.45) is 2.06. The van der Waals surface area contributed by atoms with Crippen LogP contribution < -0.4 is 10.6 Å². The molecule has 1 fully saturated rings. The van der Waals surface area contributed by atoms with E-state index >= 15 is 0 Å². The van der Waals surface area contributed by atoms with Crippen molar-refractivity contribution in [3.05, 3.63) is 29.3 Å². The van der Waals surface area contributed by atoms with Gasteiger partial charge in [-0.3, -0.25) is 5.41 Å². The summed E-state index contributed by atoms with van der Waals surface area (Å²) in [6.45, 7) is 3.65. The maximum atomic E-state index is 7.71. The second-order valence-electron chi connectivity index (χ2n) is 4.89. The summed E-state index contributed by atoms with van der Waals surface area (Å²) in [5, 5.41) is 7.71. The molecule has 1 aromatic carbocycles. The smallest absolute Gasteiger partial charge is 0.124 e. The molecule has 3 N–H and O–H groups in total. The molecule has 0 aromatic heterocycles. The van der Waals surface area contributed by atoms with E-state index < -0.39 is 0 Å². The van der Waals surface area contributed by atoms with E-state index in [0.717, 1.165) is 42.9 Å². The fourth-order valence-electron chi connectivity index (χ4n) is 2.44. The van der Waals surface area contributed by atoms with Gasteiger partial charge in [0.1, 0.15) is 5.84 Å². The molecule has 0 spiro atoms. The number of nitrogens with one attached hydrogen (secondary N) is 1. The maximum Gasteiger partial charge on any atom is 0.124 e. The zero-order chi connectivity index (χ0) is 13.1. The van der Waals surface area contributed by atoms with E-state index in [9.17, 15) is 0 Å². The van der Waals surface area contributed by atoms with Crippen LogP contribution in [-0.4, -0.2) is 32.1 Å². The zero-order valence-corrected chi connectivity index (χ0v) is 11.1. The predicted octanol–water partition coefficient (Wildman–Crippen LogP) is 1.89. The Kier molecular flexibility index (Phi) is 3.87. The molecule has 98 valence electrons. The van der Waals surface area contributed by atoms with E-state index in [1.165, 1.54) is 0 Å². The Morgan fingerprint density at radius 3 is 2.67 bits per heavy atom. The van der Waals surface area contributed by atoms with Gasteiger partial charge in [-0.15, -0.1) is 0 Å². The van der Waals surface area contributed by atoms with Crippen molar-refractivity contribution < 1.29 is 4.74 Å². The topological polar surface area (TPSA) is 62.3 Å². The van der Waals surface area contributed by atoms with Crippen LogP contribution in [0.3, 0.4) is 0 Å². The van der Waals surface area contributed by atoms with Crippen LogP contribution in [0.25, 0.3) is 0 Å². The lowest BCUT2D eigenvalue weighted by atomic mass is 10.0. The van der Waals surface area contributed by atoms with Gasteiger partial charge in [-0.2, -0.15) is 0 Å². The molecule has 0 amide bonds. The van der Waals surface area contributed by atoms with Crippen LogP contribution in [0.15, 0.2) is 18.2 Å². The van der Waals surface area contributed by atoms with Crippen LogP contribution in [0.2, 0.25) is 0 Å². The molecule has 4 nitrogen and oxygen atoms in total. The first-order valence-corrected chi connectivity index (χ1v) is 6.35. The van der Waals surface area contributed by atoms with Gasteiger partial charge in [0.05, 0.1) is 0 Å². The summed E-state index contributed by atoms with van der Waals surface area (Å²) in [7, 11) is 2.08. The second-order valence-corrected chi connectivity index (χ2v) is 4.89. The van der Waals surface area contributed by atoms with Crippen molar-refractivity contribution >= 4 is 11.5 Å². The lowest BCUT2D eigenvalue weighted by Crippen LogP contribution is -2.37. The molecule has 1 aliphatic rings. The molecule has 1 heterocycles. The number of benzene rings is 1. The molecule has 0 radical (unpaired) electrons. The minimum absolute atomic E-state index is 0.132. The number of hydrogen-bond donors (Lipinski definition) is 2. The maximum absolute atomic E-state index is 7.71. The summed E-state index contributed by atoms with van der Waals surface area (Å²) < 4.78 is 5.39. The minimum Gasteiger partial charge on any atom is -0.384 e. The number of nitrogen functional groups attached to an aromatic ring is 1.